The zero-order valence-corrected chi connectivity index (χ0v) is 23.4. The number of allylic oxidation sites excluding steroid dienone is 4. The molecular formula is C36H28Cl2O. The summed E-state index contributed by atoms with van der Waals surface area (Å²) in [6.07, 6.45) is 0. The summed E-state index contributed by atoms with van der Waals surface area (Å²) < 4.78 is -1.23. The molecule has 0 aliphatic heterocycles. The van der Waals surface area contributed by atoms with Gasteiger partial charge in [0, 0.05) is 11.3 Å². The number of fused-ring (bicyclic) bond motifs is 5. The Hall–Kier alpha value is -3.39. The first kappa shape index (κ1) is 24.6. The number of alkyl halides is 2. The lowest BCUT2D eigenvalue weighted by atomic mass is 9.51. The van der Waals surface area contributed by atoms with Crippen molar-refractivity contribution < 1.29 is 4.79 Å². The summed E-state index contributed by atoms with van der Waals surface area (Å²) in [7, 11) is 0. The van der Waals surface area contributed by atoms with Gasteiger partial charge in [0.2, 0.25) is 0 Å². The zero-order valence-electron chi connectivity index (χ0n) is 21.9. The van der Waals surface area contributed by atoms with Crippen LogP contribution in [0.4, 0.5) is 0 Å². The molecule has 0 amide bonds. The van der Waals surface area contributed by atoms with Crippen molar-refractivity contribution in [1.29, 1.82) is 0 Å². The Morgan fingerprint density at radius 2 is 1.05 bits per heavy atom. The quantitative estimate of drug-likeness (QED) is 0.233. The normalized spacial score (nSPS) is 28.8. The van der Waals surface area contributed by atoms with E-state index in [1.807, 2.05) is 48.5 Å². The molecule has 4 aromatic carbocycles. The Kier molecular flexibility index (Phi) is 5.40. The van der Waals surface area contributed by atoms with E-state index in [0.29, 0.717) is 0 Å². The summed E-state index contributed by atoms with van der Waals surface area (Å²) in [5, 5.41) is 0. The standard InChI is InChI=1S/C36H28Cl2O/c1-23-30(25-17-9-4-10-18-25)35(27-21-13-6-14-22-27)32(36(23,37)38)29-28(24-15-7-3-8-16-24)31(34(35,2)33(29)39)26-19-11-5-12-20-26/h3-22,29,32H,1-2H3. The highest BCUT2D eigenvalue weighted by Gasteiger charge is 2.81. The SMILES string of the molecule is CC1=C(c2ccccc2)C2(c3ccccc3)C(C3C(=O)C2(C)C(c2ccccc2)=C3c2ccccc2)C1(Cl)Cl. The van der Waals surface area contributed by atoms with E-state index in [2.05, 4.69) is 86.6 Å². The van der Waals surface area contributed by atoms with Gasteiger partial charge < -0.3 is 0 Å². The number of halogens is 2. The number of rotatable bonds is 4. The molecule has 0 aromatic heterocycles. The Morgan fingerprint density at radius 3 is 1.56 bits per heavy atom. The van der Waals surface area contributed by atoms with E-state index in [-0.39, 0.29) is 11.7 Å². The van der Waals surface area contributed by atoms with E-state index in [4.69, 9.17) is 23.2 Å². The molecule has 39 heavy (non-hydrogen) atoms. The number of ketones is 1. The number of benzene rings is 4. The average Bonchev–Trinajstić information content (AvgIpc) is 3.42. The van der Waals surface area contributed by atoms with Crippen LogP contribution in [0.5, 0.6) is 0 Å². The van der Waals surface area contributed by atoms with Crippen LogP contribution in [0, 0.1) is 17.3 Å². The molecule has 3 aliphatic rings. The molecule has 0 heterocycles. The predicted molar refractivity (Wildman–Crippen MR) is 161 cm³/mol. The minimum absolute atomic E-state index is 0.195. The Labute approximate surface area is 239 Å². The molecule has 4 atom stereocenters. The average molecular weight is 548 g/mol. The molecule has 0 N–H and O–H groups in total. The smallest absolute Gasteiger partial charge is 0.152 e. The highest BCUT2D eigenvalue weighted by Crippen LogP contribution is 2.81. The maximum absolute atomic E-state index is 15.0. The van der Waals surface area contributed by atoms with Crippen molar-refractivity contribution in [2.75, 3.05) is 0 Å². The maximum atomic E-state index is 15.0. The van der Waals surface area contributed by atoms with Crippen LogP contribution in [0.1, 0.15) is 36.1 Å². The van der Waals surface area contributed by atoms with Gasteiger partial charge in [-0.1, -0.05) is 145 Å². The van der Waals surface area contributed by atoms with Crippen LogP contribution in [0.15, 0.2) is 127 Å². The molecule has 1 fully saturated rings. The van der Waals surface area contributed by atoms with Crippen LogP contribution < -0.4 is 0 Å². The zero-order chi connectivity index (χ0) is 27.0. The predicted octanol–water partition coefficient (Wildman–Crippen LogP) is 9.03. The molecule has 192 valence electrons. The Bertz CT molecular complexity index is 1650. The van der Waals surface area contributed by atoms with Crippen molar-refractivity contribution in [3.63, 3.8) is 0 Å². The largest absolute Gasteiger partial charge is 0.298 e. The third-order valence-corrected chi connectivity index (χ3v) is 10.6. The van der Waals surface area contributed by atoms with Crippen molar-refractivity contribution >= 4 is 45.7 Å². The van der Waals surface area contributed by atoms with Gasteiger partial charge in [-0.15, -0.1) is 0 Å². The first-order chi connectivity index (χ1) is 18.9. The second-order valence-electron chi connectivity index (χ2n) is 11.1. The van der Waals surface area contributed by atoms with Crippen LogP contribution in [0.2, 0.25) is 0 Å². The lowest BCUT2D eigenvalue weighted by molar-refractivity contribution is -0.124. The Balaban J connectivity index is 1.67. The van der Waals surface area contributed by atoms with E-state index < -0.39 is 21.1 Å². The van der Waals surface area contributed by atoms with Crippen molar-refractivity contribution in [3.05, 3.63) is 149 Å². The van der Waals surface area contributed by atoms with Crippen LogP contribution in [0.25, 0.3) is 16.7 Å². The number of hydrogen-bond donors (Lipinski definition) is 0. The molecular weight excluding hydrogens is 519 g/mol. The summed E-state index contributed by atoms with van der Waals surface area (Å²) in [4.78, 5) is 15.0. The number of carbonyl (C=O) groups excluding carboxylic acids is 1. The first-order valence-electron chi connectivity index (χ1n) is 13.5. The topological polar surface area (TPSA) is 17.1 Å². The molecule has 2 bridgehead atoms. The molecule has 3 aliphatic carbocycles. The summed E-state index contributed by atoms with van der Waals surface area (Å²) in [5.74, 6) is -0.634. The molecule has 0 spiro atoms. The highest BCUT2D eigenvalue weighted by molar-refractivity contribution is 6.52. The molecule has 1 saturated carbocycles. The van der Waals surface area contributed by atoms with Gasteiger partial charge in [0.15, 0.2) is 5.78 Å². The van der Waals surface area contributed by atoms with E-state index in [0.717, 1.165) is 44.5 Å². The van der Waals surface area contributed by atoms with Crippen molar-refractivity contribution in [2.45, 2.75) is 23.6 Å². The summed E-state index contributed by atoms with van der Waals surface area (Å²) in [5.41, 5.74) is 6.72. The molecule has 4 unspecified atom stereocenters. The minimum atomic E-state index is -1.23. The highest BCUT2D eigenvalue weighted by atomic mass is 35.5. The van der Waals surface area contributed by atoms with Crippen LogP contribution >= 0.6 is 23.2 Å². The summed E-state index contributed by atoms with van der Waals surface area (Å²) in [6, 6.07) is 41.5. The maximum Gasteiger partial charge on any atom is 0.152 e. The molecule has 3 heteroatoms. The number of hydrogen-bond acceptors (Lipinski definition) is 1. The Morgan fingerprint density at radius 1 is 0.615 bits per heavy atom. The molecule has 0 radical (unpaired) electrons. The number of carbonyl (C=O) groups is 1. The van der Waals surface area contributed by atoms with Crippen LogP contribution in [-0.2, 0) is 10.2 Å². The van der Waals surface area contributed by atoms with Gasteiger partial charge in [0.25, 0.3) is 0 Å². The lowest BCUT2D eigenvalue weighted by Gasteiger charge is -2.50. The van der Waals surface area contributed by atoms with Gasteiger partial charge in [-0.2, -0.15) is 0 Å². The first-order valence-corrected chi connectivity index (χ1v) is 14.2. The van der Waals surface area contributed by atoms with Gasteiger partial charge in [-0.05, 0) is 58.4 Å². The van der Waals surface area contributed by atoms with E-state index in [9.17, 15) is 0 Å². The third-order valence-electron chi connectivity index (χ3n) is 9.54. The lowest BCUT2D eigenvalue weighted by Crippen LogP contribution is -2.49. The molecule has 1 nitrogen and oxygen atoms in total. The number of Topliss-reactive ketones (excluding diaryl/α,β-unsaturated/α-hetero) is 1. The van der Waals surface area contributed by atoms with Crippen LogP contribution in [0.3, 0.4) is 0 Å². The third kappa shape index (κ3) is 2.95. The molecule has 7 rings (SSSR count). The van der Waals surface area contributed by atoms with Crippen molar-refractivity contribution in [2.24, 2.45) is 17.3 Å². The summed E-state index contributed by atoms with van der Waals surface area (Å²) >= 11 is 15.0. The molecule has 0 saturated heterocycles. The van der Waals surface area contributed by atoms with Crippen molar-refractivity contribution in [3.8, 4) is 0 Å². The van der Waals surface area contributed by atoms with Gasteiger partial charge in [0.1, 0.15) is 4.33 Å². The van der Waals surface area contributed by atoms with E-state index >= 15 is 4.79 Å². The van der Waals surface area contributed by atoms with Crippen LogP contribution in [-0.4, -0.2) is 10.1 Å². The summed E-state index contributed by atoms with van der Waals surface area (Å²) in [6.45, 7) is 4.21. The van der Waals surface area contributed by atoms with Gasteiger partial charge in [-0.3, -0.25) is 4.79 Å². The van der Waals surface area contributed by atoms with E-state index in [1.165, 1.54) is 0 Å². The van der Waals surface area contributed by atoms with Gasteiger partial charge in [0.05, 0.1) is 11.3 Å². The second kappa shape index (κ2) is 8.55. The second-order valence-corrected chi connectivity index (χ2v) is 12.5. The monoisotopic (exact) mass is 546 g/mol. The fourth-order valence-corrected chi connectivity index (χ4v) is 8.96. The van der Waals surface area contributed by atoms with Crippen molar-refractivity contribution in [1.82, 2.24) is 0 Å². The van der Waals surface area contributed by atoms with E-state index in [1.54, 1.807) is 0 Å². The van der Waals surface area contributed by atoms with Gasteiger partial charge >= 0.3 is 0 Å². The molecule has 4 aromatic rings. The minimum Gasteiger partial charge on any atom is -0.298 e. The fourth-order valence-electron chi connectivity index (χ4n) is 8.20. The fraction of sp³-hybridized carbons (Fsp3) is 0.194. The van der Waals surface area contributed by atoms with Gasteiger partial charge in [-0.25, -0.2) is 0 Å².